The Hall–Kier alpha value is -3.21. The highest BCUT2D eigenvalue weighted by atomic mass is 16.5. The Kier molecular flexibility index (Phi) is 4.75. The van der Waals surface area contributed by atoms with Crippen LogP contribution >= 0.6 is 0 Å². The smallest absolute Gasteiger partial charge is 0.343 e. The van der Waals surface area contributed by atoms with Crippen LogP contribution in [0.5, 0.6) is 17.2 Å². The van der Waals surface area contributed by atoms with E-state index in [1.165, 1.54) is 0 Å². The molecule has 0 saturated carbocycles. The molecule has 0 fully saturated rings. The van der Waals surface area contributed by atoms with Gasteiger partial charge in [-0.1, -0.05) is 12.1 Å². The molecule has 1 heterocycles. The molecule has 0 atom stereocenters. The summed E-state index contributed by atoms with van der Waals surface area (Å²) in [6.07, 6.45) is 3.45. The van der Waals surface area contributed by atoms with E-state index in [4.69, 9.17) is 18.9 Å². The van der Waals surface area contributed by atoms with Gasteiger partial charge in [-0.15, -0.1) is 0 Å². The largest absolute Gasteiger partial charge is 0.497 e. The molecule has 1 aliphatic heterocycles. The summed E-state index contributed by atoms with van der Waals surface area (Å²) in [6.45, 7) is 0. The summed E-state index contributed by atoms with van der Waals surface area (Å²) in [5.41, 5.74) is 1.96. The summed E-state index contributed by atoms with van der Waals surface area (Å²) < 4.78 is 21.2. The monoisotopic (exact) mass is 338 g/mol. The highest BCUT2D eigenvalue weighted by Crippen LogP contribution is 2.35. The van der Waals surface area contributed by atoms with Gasteiger partial charge in [-0.25, -0.2) is 4.79 Å². The zero-order valence-corrected chi connectivity index (χ0v) is 14.2. The van der Waals surface area contributed by atoms with Crippen LogP contribution in [0.2, 0.25) is 0 Å². The molecule has 2 aromatic carbocycles. The molecular weight excluding hydrogens is 320 g/mol. The zero-order valence-electron chi connectivity index (χ0n) is 14.2. The summed E-state index contributed by atoms with van der Waals surface area (Å²) >= 11 is 0. The number of rotatable bonds is 5. The second kappa shape index (κ2) is 7.13. The molecule has 5 heteroatoms. The van der Waals surface area contributed by atoms with Crippen molar-refractivity contribution in [3.8, 4) is 17.2 Å². The van der Waals surface area contributed by atoms with Crippen molar-refractivity contribution in [3.05, 3.63) is 65.2 Å². The van der Waals surface area contributed by atoms with E-state index < -0.39 is 5.97 Å². The molecular formula is C20H18O5. The minimum absolute atomic E-state index is 0.414. The normalized spacial score (nSPS) is 14.9. The highest BCUT2D eigenvalue weighted by Gasteiger charge is 2.24. The summed E-state index contributed by atoms with van der Waals surface area (Å²) in [7, 11) is 4.74. The first-order chi connectivity index (χ1) is 12.1. The van der Waals surface area contributed by atoms with Gasteiger partial charge in [0.2, 0.25) is 0 Å². The fourth-order valence-corrected chi connectivity index (χ4v) is 2.54. The van der Waals surface area contributed by atoms with Gasteiger partial charge in [-0.05, 0) is 48.0 Å². The Labute approximate surface area is 146 Å². The van der Waals surface area contributed by atoms with E-state index in [9.17, 15) is 4.79 Å². The number of benzene rings is 2. The van der Waals surface area contributed by atoms with Crippen LogP contribution in [0.1, 0.15) is 11.1 Å². The van der Waals surface area contributed by atoms with Gasteiger partial charge in [0, 0.05) is 0 Å². The van der Waals surface area contributed by atoms with E-state index in [0.29, 0.717) is 28.4 Å². The standard InChI is InChI=1S/C20H18O5/c1-22-15-6-4-5-13(10-15)9-14-11-19(25-20(14)21)17-12-16(23-2)7-8-18(17)24-3/h4-12H,1-3H3. The number of esters is 1. The molecule has 0 radical (unpaired) electrons. The van der Waals surface area contributed by atoms with E-state index >= 15 is 0 Å². The average Bonchev–Trinajstić information content (AvgIpc) is 3.01. The molecule has 128 valence electrons. The van der Waals surface area contributed by atoms with E-state index in [1.807, 2.05) is 24.3 Å². The second-order valence-corrected chi connectivity index (χ2v) is 5.34. The molecule has 1 aliphatic rings. The van der Waals surface area contributed by atoms with Crippen molar-refractivity contribution in [3.63, 3.8) is 0 Å². The van der Waals surface area contributed by atoms with Gasteiger partial charge in [-0.2, -0.15) is 0 Å². The van der Waals surface area contributed by atoms with Crippen LogP contribution in [0.4, 0.5) is 0 Å². The maximum atomic E-state index is 12.2. The molecule has 5 nitrogen and oxygen atoms in total. The van der Waals surface area contributed by atoms with E-state index in [0.717, 1.165) is 11.3 Å². The van der Waals surface area contributed by atoms with Crippen LogP contribution in [0.3, 0.4) is 0 Å². The number of ether oxygens (including phenoxy) is 4. The topological polar surface area (TPSA) is 54.0 Å². The third-order valence-electron chi connectivity index (χ3n) is 3.81. The first kappa shape index (κ1) is 16.6. The fraction of sp³-hybridized carbons (Fsp3) is 0.150. The number of carbonyl (C=O) groups excluding carboxylic acids is 1. The van der Waals surface area contributed by atoms with Crippen LogP contribution in [0.25, 0.3) is 11.8 Å². The third-order valence-corrected chi connectivity index (χ3v) is 3.81. The van der Waals surface area contributed by atoms with Crippen LogP contribution < -0.4 is 14.2 Å². The molecule has 0 aromatic heterocycles. The van der Waals surface area contributed by atoms with Crippen molar-refractivity contribution in [2.45, 2.75) is 0 Å². The molecule has 0 spiro atoms. The van der Waals surface area contributed by atoms with Crippen molar-refractivity contribution in [1.29, 1.82) is 0 Å². The number of carbonyl (C=O) groups is 1. The van der Waals surface area contributed by atoms with Crippen LogP contribution in [-0.4, -0.2) is 27.3 Å². The highest BCUT2D eigenvalue weighted by molar-refractivity contribution is 6.05. The first-order valence-corrected chi connectivity index (χ1v) is 7.66. The van der Waals surface area contributed by atoms with Gasteiger partial charge in [0.25, 0.3) is 0 Å². The van der Waals surface area contributed by atoms with Gasteiger partial charge < -0.3 is 18.9 Å². The quantitative estimate of drug-likeness (QED) is 0.615. The number of methoxy groups -OCH3 is 3. The Morgan fingerprint density at radius 3 is 2.40 bits per heavy atom. The Bertz CT molecular complexity index is 864. The predicted octanol–water partition coefficient (Wildman–Crippen LogP) is 3.69. The minimum atomic E-state index is -0.414. The second-order valence-electron chi connectivity index (χ2n) is 5.34. The van der Waals surface area contributed by atoms with Gasteiger partial charge >= 0.3 is 5.97 Å². The zero-order chi connectivity index (χ0) is 17.8. The van der Waals surface area contributed by atoms with Crippen LogP contribution in [0.15, 0.2) is 54.1 Å². The number of hydrogen-bond acceptors (Lipinski definition) is 5. The van der Waals surface area contributed by atoms with Gasteiger partial charge in [0.15, 0.2) is 0 Å². The maximum absolute atomic E-state index is 12.2. The lowest BCUT2D eigenvalue weighted by Crippen LogP contribution is -1.99. The first-order valence-electron chi connectivity index (χ1n) is 7.66. The fourth-order valence-electron chi connectivity index (χ4n) is 2.54. The predicted molar refractivity (Wildman–Crippen MR) is 94.6 cm³/mol. The summed E-state index contributed by atoms with van der Waals surface area (Å²) in [6, 6.07) is 12.8. The Balaban J connectivity index is 1.99. The molecule has 2 aromatic rings. The van der Waals surface area contributed by atoms with Gasteiger partial charge in [0.1, 0.15) is 23.0 Å². The van der Waals surface area contributed by atoms with Crippen molar-refractivity contribution in [2.75, 3.05) is 21.3 Å². The van der Waals surface area contributed by atoms with Crippen molar-refractivity contribution < 1.29 is 23.7 Å². The molecule has 0 bridgehead atoms. The van der Waals surface area contributed by atoms with Crippen LogP contribution in [0, 0.1) is 0 Å². The number of cyclic esters (lactones) is 1. The molecule has 0 unspecified atom stereocenters. The third kappa shape index (κ3) is 3.50. The summed E-state index contributed by atoms with van der Waals surface area (Å²) in [5.74, 6) is 1.98. The van der Waals surface area contributed by atoms with Crippen molar-refractivity contribution >= 4 is 17.8 Å². The molecule has 25 heavy (non-hydrogen) atoms. The molecule has 0 aliphatic carbocycles. The lowest BCUT2D eigenvalue weighted by atomic mass is 10.1. The SMILES string of the molecule is COc1cccc(C=C2C=C(c3cc(OC)ccc3OC)OC2=O)c1. The number of hydrogen-bond donors (Lipinski definition) is 0. The maximum Gasteiger partial charge on any atom is 0.343 e. The molecule has 3 rings (SSSR count). The van der Waals surface area contributed by atoms with Crippen molar-refractivity contribution in [1.82, 2.24) is 0 Å². The van der Waals surface area contributed by atoms with E-state index in [2.05, 4.69) is 0 Å². The van der Waals surface area contributed by atoms with Crippen molar-refractivity contribution in [2.24, 2.45) is 0 Å². The van der Waals surface area contributed by atoms with Crippen LogP contribution in [-0.2, 0) is 9.53 Å². The molecule has 0 N–H and O–H groups in total. The molecule has 0 saturated heterocycles. The van der Waals surface area contributed by atoms with E-state index in [1.54, 1.807) is 51.7 Å². The summed E-state index contributed by atoms with van der Waals surface area (Å²) in [5, 5.41) is 0. The lowest BCUT2D eigenvalue weighted by molar-refractivity contribution is -0.130. The minimum Gasteiger partial charge on any atom is -0.497 e. The Morgan fingerprint density at radius 1 is 0.920 bits per heavy atom. The van der Waals surface area contributed by atoms with Gasteiger partial charge in [-0.3, -0.25) is 0 Å². The van der Waals surface area contributed by atoms with E-state index in [-0.39, 0.29) is 0 Å². The Morgan fingerprint density at radius 2 is 1.68 bits per heavy atom. The lowest BCUT2D eigenvalue weighted by Gasteiger charge is -2.10. The van der Waals surface area contributed by atoms with Gasteiger partial charge in [0.05, 0.1) is 32.5 Å². The summed E-state index contributed by atoms with van der Waals surface area (Å²) in [4.78, 5) is 12.2. The average molecular weight is 338 g/mol. The molecule has 0 amide bonds.